The van der Waals surface area contributed by atoms with E-state index < -0.39 is 0 Å². The minimum Gasteiger partial charge on any atom is -0.435 e. The van der Waals surface area contributed by atoms with Gasteiger partial charge in [-0.25, -0.2) is 4.98 Å². The van der Waals surface area contributed by atoms with Crippen LogP contribution in [-0.2, 0) is 0 Å². The molecule has 0 unspecified atom stereocenters. The van der Waals surface area contributed by atoms with Crippen LogP contribution < -0.4 is 0 Å². The molecule has 0 fully saturated rings. The van der Waals surface area contributed by atoms with E-state index in [-0.39, 0.29) is 0 Å². The summed E-state index contributed by atoms with van der Waals surface area (Å²) in [5.41, 5.74) is 5.27. The Morgan fingerprint density at radius 2 is 1.23 bits per heavy atom. The number of aromatic nitrogens is 1. The van der Waals surface area contributed by atoms with Crippen molar-refractivity contribution in [1.82, 2.24) is 4.98 Å². The number of rotatable bonds is 4. The van der Waals surface area contributed by atoms with Gasteiger partial charge in [-0.15, -0.1) is 0 Å². The van der Waals surface area contributed by atoms with Gasteiger partial charge in [0.05, 0.1) is 0 Å². The van der Waals surface area contributed by atoms with Crippen LogP contribution in [0.5, 0.6) is 0 Å². The number of oxazole rings is 1. The van der Waals surface area contributed by atoms with Crippen LogP contribution in [0.25, 0.3) is 34.0 Å². The van der Waals surface area contributed by atoms with Gasteiger partial charge in [-0.2, -0.15) is 0 Å². The third-order valence-corrected chi connectivity index (χ3v) is 4.53. The molecule has 0 saturated carbocycles. The molecule has 0 radical (unpaired) electrons. The average molecular weight is 339 g/mol. The van der Waals surface area contributed by atoms with Crippen LogP contribution in [0, 0.1) is 0 Å². The summed E-state index contributed by atoms with van der Waals surface area (Å²) < 4.78 is 6.23. The summed E-state index contributed by atoms with van der Waals surface area (Å²) in [5, 5.41) is 0. The highest BCUT2D eigenvalue weighted by Gasteiger charge is 2.17. The monoisotopic (exact) mass is 339 g/mol. The minimum atomic E-state index is 0.508. The van der Waals surface area contributed by atoms with Crippen molar-refractivity contribution < 1.29 is 4.42 Å². The Balaban J connectivity index is 1.83. The van der Waals surface area contributed by atoms with E-state index >= 15 is 0 Å². The van der Waals surface area contributed by atoms with E-state index in [1.165, 1.54) is 5.56 Å². The Morgan fingerprint density at radius 3 is 1.81 bits per heavy atom. The Labute approximate surface area is 154 Å². The lowest BCUT2D eigenvalue weighted by molar-refractivity contribution is 0.589. The van der Waals surface area contributed by atoms with E-state index in [4.69, 9.17) is 9.40 Å². The van der Waals surface area contributed by atoms with Crippen molar-refractivity contribution in [2.45, 2.75) is 19.8 Å². The highest BCUT2D eigenvalue weighted by Crippen LogP contribution is 2.36. The van der Waals surface area contributed by atoms with Gasteiger partial charge in [0.1, 0.15) is 5.69 Å². The molecule has 2 heteroatoms. The summed E-state index contributed by atoms with van der Waals surface area (Å²) in [6, 6.07) is 28.8. The zero-order chi connectivity index (χ0) is 17.9. The molecule has 0 atom stereocenters. The molecule has 4 aromatic rings. The Bertz CT molecular complexity index is 927. The Kier molecular flexibility index (Phi) is 4.40. The maximum Gasteiger partial charge on any atom is 0.227 e. The second kappa shape index (κ2) is 7.01. The first kappa shape index (κ1) is 16.3. The molecule has 0 bridgehead atoms. The van der Waals surface area contributed by atoms with Crippen molar-refractivity contribution in [3.8, 4) is 34.0 Å². The molecule has 3 aromatic carbocycles. The van der Waals surface area contributed by atoms with Crippen LogP contribution in [-0.4, -0.2) is 4.98 Å². The fraction of sp³-hybridized carbons (Fsp3) is 0.125. The largest absolute Gasteiger partial charge is 0.435 e. The molecule has 0 aliphatic carbocycles. The Hall–Kier alpha value is -3.13. The molecule has 1 aromatic heterocycles. The third-order valence-electron chi connectivity index (χ3n) is 4.53. The number of benzene rings is 3. The fourth-order valence-electron chi connectivity index (χ4n) is 3.03. The topological polar surface area (TPSA) is 26.0 Å². The van der Waals surface area contributed by atoms with Crippen LogP contribution in [0.3, 0.4) is 0 Å². The zero-order valence-electron chi connectivity index (χ0n) is 15.0. The van der Waals surface area contributed by atoms with Gasteiger partial charge in [-0.1, -0.05) is 86.6 Å². The van der Waals surface area contributed by atoms with Gasteiger partial charge in [0.15, 0.2) is 5.76 Å². The molecule has 0 aliphatic rings. The molecule has 4 rings (SSSR count). The van der Waals surface area contributed by atoms with Crippen LogP contribution in [0.2, 0.25) is 0 Å². The summed E-state index contributed by atoms with van der Waals surface area (Å²) in [5.74, 6) is 1.96. The molecular weight excluding hydrogens is 318 g/mol. The smallest absolute Gasteiger partial charge is 0.227 e. The molecule has 0 saturated heterocycles. The number of nitrogens with zero attached hydrogens (tertiary/aromatic N) is 1. The van der Waals surface area contributed by atoms with Gasteiger partial charge in [-0.3, -0.25) is 0 Å². The maximum absolute atomic E-state index is 6.23. The van der Waals surface area contributed by atoms with E-state index in [0.29, 0.717) is 11.8 Å². The molecular formula is C24H21NO. The van der Waals surface area contributed by atoms with E-state index in [0.717, 1.165) is 28.1 Å². The SMILES string of the molecule is CC(C)c1ccc(-c2nc(-c3ccccc3)c(-c3ccccc3)o2)cc1. The van der Waals surface area contributed by atoms with Crippen molar-refractivity contribution in [2.24, 2.45) is 0 Å². The van der Waals surface area contributed by atoms with Crippen molar-refractivity contribution in [3.63, 3.8) is 0 Å². The lowest BCUT2D eigenvalue weighted by atomic mass is 10.0. The summed E-state index contributed by atoms with van der Waals surface area (Å²) in [6.07, 6.45) is 0. The van der Waals surface area contributed by atoms with Gasteiger partial charge >= 0.3 is 0 Å². The van der Waals surface area contributed by atoms with Gasteiger partial charge in [-0.05, 0) is 23.6 Å². The van der Waals surface area contributed by atoms with E-state index in [2.05, 4.69) is 62.4 Å². The second-order valence-corrected chi connectivity index (χ2v) is 6.71. The van der Waals surface area contributed by atoms with E-state index in [9.17, 15) is 0 Å². The van der Waals surface area contributed by atoms with Gasteiger partial charge in [0.2, 0.25) is 5.89 Å². The van der Waals surface area contributed by atoms with Crippen LogP contribution in [0.1, 0.15) is 25.3 Å². The number of hydrogen-bond acceptors (Lipinski definition) is 2. The first-order valence-electron chi connectivity index (χ1n) is 8.94. The summed E-state index contributed by atoms with van der Waals surface area (Å²) in [4.78, 5) is 4.83. The molecule has 0 N–H and O–H groups in total. The second-order valence-electron chi connectivity index (χ2n) is 6.71. The lowest BCUT2D eigenvalue weighted by Crippen LogP contribution is -1.86. The average Bonchev–Trinajstić information content (AvgIpc) is 3.15. The fourth-order valence-corrected chi connectivity index (χ4v) is 3.03. The minimum absolute atomic E-state index is 0.508. The first-order valence-corrected chi connectivity index (χ1v) is 8.94. The molecule has 1 heterocycles. The molecule has 128 valence electrons. The third kappa shape index (κ3) is 3.18. The predicted octanol–water partition coefficient (Wildman–Crippen LogP) is 6.80. The van der Waals surface area contributed by atoms with Crippen LogP contribution in [0.4, 0.5) is 0 Å². The predicted molar refractivity (Wildman–Crippen MR) is 107 cm³/mol. The highest BCUT2D eigenvalue weighted by atomic mass is 16.4. The zero-order valence-corrected chi connectivity index (χ0v) is 15.0. The van der Waals surface area contributed by atoms with Crippen LogP contribution >= 0.6 is 0 Å². The van der Waals surface area contributed by atoms with E-state index in [1.54, 1.807) is 0 Å². The number of hydrogen-bond donors (Lipinski definition) is 0. The van der Waals surface area contributed by atoms with Crippen molar-refractivity contribution in [2.75, 3.05) is 0 Å². The lowest BCUT2D eigenvalue weighted by Gasteiger charge is -2.04. The normalized spacial score (nSPS) is 11.0. The molecule has 0 spiro atoms. The van der Waals surface area contributed by atoms with E-state index in [1.807, 2.05) is 36.4 Å². The van der Waals surface area contributed by atoms with Crippen molar-refractivity contribution in [3.05, 3.63) is 90.5 Å². The molecule has 26 heavy (non-hydrogen) atoms. The molecule has 0 aliphatic heterocycles. The van der Waals surface area contributed by atoms with Crippen molar-refractivity contribution in [1.29, 1.82) is 0 Å². The summed E-state index contributed by atoms with van der Waals surface area (Å²) in [6.45, 7) is 4.39. The molecule has 2 nitrogen and oxygen atoms in total. The van der Waals surface area contributed by atoms with Gasteiger partial charge < -0.3 is 4.42 Å². The van der Waals surface area contributed by atoms with Crippen molar-refractivity contribution >= 4 is 0 Å². The van der Waals surface area contributed by atoms with Gasteiger partial charge in [0, 0.05) is 16.7 Å². The van der Waals surface area contributed by atoms with Crippen LogP contribution in [0.15, 0.2) is 89.3 Å². The highest BCUT2D eigenvalue weighted by molar-refractivity contribution is 5.79. The summed E-state index contributed by atoms with van der Waals surface area (Å²) >= 11 is 0. The summed E-state index contributed by atoms with van der Waals surface area (Å²) in [7, 11) is 0. The first-order chi connectivity index (χ1) is 12.7. The molecule has 0 amide bonds. The standard InChI is InChI=1S/C24H21NO/c1-17(2)18-13-15-21(16-14-18)24-25-22(19-9-5-3-6-10-19)23(26-24)20-11-7-4-8-12-20/h3-17H,1-2H3. The van der Waals surface area contributed by atoms with Gasteiger partial charge in [0.25, 0.3) is 0 Å². The Morgan fingerprint density at radius 1 is 0.654 bits per heavy atom. The maximum atomic E-state index is 6.23. The quantitative estimate of drug-likeness (QED) is 0.408.